The molecule has 0 saturated carbocycles. The van der Waals surface area contributed by atoms with Crippen molar-refractivity contribution in [1.82, 2.24) is 14.6 Å². The van der Waals surface area contributed by atoms with Gasteiger partial charge in [0.15, 0.2) is 5.65 Å². The summed E-state index contributed by atoms with van der Waals surface area (Å²) in [6, 6.07) is 33.2. The molecule has 0 atom stereocenters. The predicted molar refractivity (Wildman–Crippen MR) is 106 cm³/mol. The molecular formula is C23H17N3. The standard InChI is InChI=1S/C23H17N3/c1-4-10-17(11-5-1)20-16-21-24-22(18-12-6-2-7-13-18)23(26(21)25-20)19-14-8-3-9-15-19/h1-16,25H. The maximum absolute atomic E-state index is 4.94. The van der Waals surface area contributed by atoms with Crippen LogP contribution < -0.4 is 0 Å². The second kappa shape index (κ2) is 6.05. The summed E-state index contributed by atoms with van der Waals surface area (Å²) in [5.41, 5.74) is 7.45. The molecule has 3 aromatic carbocycles. The minimum atomic E-state index is 0.918. The SMILES string of the molecule is c1ccc(-c2cc3nc(-c4ccccc4)c(-c4ccccc4)n3[nH]2)cc1. The van der Waals surface area contributed by atoms with E-state index in [9.17, 15) is 0 Å². The van der Waals surface area contributed by atoms with Crippen LogP contribution in [0.2, 0.25) is 0 Å². The van der Waals surface area contributed by atoms with Crippen molar-refractivity contribution in [2.24, 2.45) is 0 Å². The van der Waals surface area contributed by atoms with Crippen molar-refractivity contribution in [2.45, 2.75) is 0 Å². The summed E-state index contributed by atoms with van der Waals surface area (Å²) >= 11 is 0. The molecule has 0 aliphatic rings. The molecule has 124 valence electrons. The van der Waals surface area contributed by atoms with Gasteiger partial charge in [0.2, 0.25) is 0 Å². The van der Waals surface area contributed by atoms with Gasteiger partial charge in [-0.05, 0) is 5.56 Å². The topological polar surface area (TPSA) is 33.1 Å². The van der Waals surface area contributed by atoms with Crippen LogP contribution in [0, 0.1) is 0 Å². The highest BCUT2D eigenvalue weighted by Crippen LogP contribution is 2.33. The van der Waals surface area contributed by atoms with Crippen molar-refractivity contribution >= 4 is 5.65 Å². The number of aromatic nitrogens is 3. The van der Waals surface area contributed by atoms with Crippen LogP contribution in [-0.4, -0.2) is 14.6 Å². The molecule has 0 aliphatic carbocycles. The van der Waals surface area contributed by atoms with Crippen molar-refractivity contribution < 1.29 is 0 Å². The zero-order valence-corrected chi connectivity index (χ0v) is 14.1. The van der Waals surface area contributed by atoms with E-state index in [1.54, 1.807) is 0 Å². The first-order chi connectivity index (χ1) is 12.9. The van der Waals surface area contributed by atoms with Gasteiger partial charge in [-0.1, -0.05) is 91.0 Å². The van der Waals surface area contributed by atoms with Gasteiger partial charge in [-0.2, -0.15) is 0 Å². The number of benzene rings is 3. The Kier molecular flexibility index (Phi) is 3.42. The van der Waals surface area contributed by atoms with Crippen molar-refractivity contribution in [3.8, 4) is 33.8 Å². The first-order valence-electron chi connectivity index (χ1n) is 8.68. The Morgan fingerprint density at radius 3 is 1.77 bits per heavy atom. The zero-order valence-electron chi connectivity index (χ0n) is 14.1. The molecule has 0 aliphatic heterocycles. The van der Waals surface area contributed by atoms with Crippen molar-refractivity contribution in [2.75, 3.05) is 0 Å². The van der Waals surface area contributed by atoms with Crippen LogP contribution in [-0.2, 0) is 0 Å². The summed E-state index contributed by atoms with van der Waals surface area (Å²) in [6.07, 6.45) is 0. The number of nitrogens with one attached hydrogen (secondary N) is 1. The van der Waals surface area contributed by atoms with Crippen LogP contribution in [0.25, 0.3) is 39.4 Å². The predicted octanol–water partition coefficient (Wildman–Crippen LogP) is 5.66. The Balaban J connectivity index is 1.77. The van der Waals surface area contributed by atoms with Gasteiger partial charge < -0.3 is 0 Å². The molecule has 0 amide bonds. The van der Waals surface area contributed by atoms with Crippen molar-refractivity contribution in [3.63, 3.8) is 0 Å². The summed E-state index contributed by atoms with van der Waals surface area (Å²) in [7, 11) is 0. The average Bonchev–Trinajstić information content (AvgIpc) is 3.28. The lowest BCUT2D eigenvalue weighted by atomic mass is 10.1. The van der Waals surface area contributed by atoms with E-state index in [0.29, 0.717) is 0 Å². The highest BCUT2D eigenvalue weighted by Gasteiger charge is 2.18. The molecule has 26 heavy (non-hydrogen) atoms. The lowest BCUT2D eigenvalue weighted by Gasteiger charge is -2.05. The minimum absolute atomic E-state index is 0.918. The van der Waals surface area contributed by atoms with E-state index in [4.69, 9.17) is 4.98 Å². The monoisotopic (exact) mass is 335 g/mol. The molecule has 3 heteroatoms. The Morgan fingerprint density at radius 2 is 1.15 bits per heavy atom. The first kappa shape index (κ1) is 14.7. The third-order valence-corrected chi connectivity index (χ3v) is 4.59. The van der Waals surface area contributed by atoms with Crippen molar-refractivity contribution in [3.05, 3.63) is 97.1 Å². The van der Waals surface area contributed by atoms with Gasteiger partial charge in [0.1, 0.15) is 0 Å². The van der Waals surface area contributed by atoms with E-state index in [2.05, 4.69) is 64.2 Å². The van der Waals surface area contributed by atoms with Gasteiger partial charge in [0.05, 0.1) is 17.1 Å². The van der Waals surface area contributed by atoms with Crippen LogP contribution in [0.4, 0.5) is 0 Å². The lowest BCUT2D eigenvalue weighted by Crippen LogP contribution is -1.91. The van der Waals surface area contributed by atoms with Crippen LogP contribution >= 0.6 is 0 Å². The maximum atomic E-state index is 4.94. The Hall–Kier alpha value is -3.59. The number of H-pyrrole nitrogens is 1. The van der Waals surface area contributed by atoms with Crippen LogP contribution in [0.1, 0.15) is 0 Å². The summed E-state index contributed by atoms with van der Waals surface area (Å²) in [4.78, 5) is 4.94. The molecule has 0 fully saturated rings. The van der Waals surface area contributed by atoms with E-state index >= 15 is 0 Å². The Morgan fingerprint density at radius 1 is 0.615 bits per heavy atom. The average molecular weight is 335 g/mol. The fraction of sp³-hybridized carbons (Fsp3) is 0. The molecule has 0 saturated heterocycles. The Labute approximate surface area is 151 Å². The number of aromatic amines is 1. The van der Waals surface area contributed by atoms with E-state index in [1.807, 2.05) is 42.5 Å². The molecule has 0 radical (unpaired) electrons. The van der Waals surface area contributed by atoms with Gasteiger partial charge in [0, 0.05) is 17.2 Å². The number of hydrogen-bond acceptors (Lipinski definition) is 1. The zero-order chi connectivity index (χ0) is 17.3. The van der Waals surface area contributed by atoms with Crippen LogP contribution in [0.15, 0.2) is 97.1 Å². The van der Waals surface area contributed by atoms with Gasteiger partial charge in [-0.25, -0.2) is 9.50 Å². The number of fused-ring (bicyclic) bond motifs is 1. The quantitative estimate of drug-likeness (QED) is 0.453. The summed E-state index contributed by atoms with van der Waals surface area (Å²) < 4.78 is 2.08. The fourth-order valence-electron chi connectivity index (χ4n) is 3.35. The first-order valence-corrected chi connectivity index (χ1v) is 8.68. The lowest BCUT2D eigenvalue weighted by molar-refractivity contribution is 0.985. The fourth-order valence-corrected chi connectivity index (χ4v) is 3.35. The van der Waals surface area contributed by atoms with Gasteiger partial charge in [0.25, 0.3) is 0 Å². The number of nitrogens with zero attached hydrogens (tertiary/aromatic N) is 2. The van der Waals surface area contributed by atoms with Crippen LogP contribution in [0.3, 0.4) is 0 Å². The smallest absolute Gasteiger partial charge is 0.154 e. The van der Waals surface area contributed by atoms with E-state index < -0.39 is 0 Å². The molecule has 5 rings (SSSR count). The second-order valence-corrected chi connectivity index (χ2v) is 6.27. The van der Waals surface area contributed by atoms with Gasteiger partial charge in [-0.3, -0.25) is 5.10 Å². The molecule has 3 nitrogen and oxygen atoms in total. The normalized spacial score (nSPS) is 11.1. The van der Waals surface area contributed by atoms with Gasteiger partial charge >= 0.3 is 0 Å². The second-order valence-electron chi connectivity index (χ2n) is 6.27. The third-order valence-electron chi connectivity index (χ3n) is 4.59. The Bertz CT molecular complexity index is 1150. The number of imidazole rings is 1. The van der Waals surface area contributed by atoms with Gasteiger partial charge in [-0.15, -0.1) is 0 Å². The maximum Gasteiger partial charge on any atom is 0.154 e. The van der Waals surface area contributed by atoms with E-state index in [-0.39, 0.29) is 0 Å². The van der Waals surface area contributed by atoms with E-state index in [1.165, 1.54) is 0 Å². The molecule has 0 spiro atoms. The summed E-state index contributed by atoms with van der Waals surface area (Å²) in [5, 5.41) is 3.52. The molecule has 1 N–H and O–H groups in total. The number of rotatable bonds is 3. The largest absolute Gasteiger partial charge is 0.292 e. The van der Waals surface area contributed by atoms with E-state index in [0.717, 1.165) is 39.4 Å². The molecular weight excluding hydrogens is 318 g/mol. The summed E-state index contributed by atoms with van der Waals surface area (Å²) in [6.45, 7) is 0. The minimum Gasteiger partial charge on any atom is -0.292 e. The number of hydrogen-bond donors (Lipinski definition) is 1. The molecule has 0 bridgehead atoms. The highest BCUT2D eigenvalue weighted by molar-refractivity contribution is 5.82. The molecule has 0 unspecified atom stereocenters. The molecule has 5 aromatic rings. The van der Waals surface area contributed by atoms with Crippen molar-refractivity contribution in [1.29, 1.82) is 0 Å². The molecule has 2 aromatic heterocycles. The third kappa shape index (κ3) is 2.42. The van der Waals surface area contributed by atoms with Crippen LogP contribution in [0.5, 0.6) is 0 Å². The molecule has 2 heterocycles. The summed E-state index contributed by atoms with van der Waals surface area (Å²) in [5.74, 6) is 0. The highest BCUT2D eigenvalue weighted by atomic mass is 15.3.